The summed E-state index contributed by atoms with van der Waals surface area (Å²) in [6.45, 7) is 7.43. The number of nitrogens with zero attached hydrogens (tertiary/aromatic N) is 3. The first-order valence-electron chi connectivity index (χ1n) is 7.78. The number of likely N-dealkylation sites (N-methyl/N-ethyl adjacent to an activating group) is 1. The summed E-state index contributed by atoms with van der Waals surface area (Å²) in [6, 6.07) is 12.1. The molecule has 1 aliphatic heterocycles. The predicted octanol–water partition coefficient (Wildman–Crippen LogP) is 2.22. The number of nitrogens with one attached hydrogen (secondary N) is 1. The van der Waals surface area contributed by atoms with Gasteiger partial charge in [-0.1, -0.05) is 30.3 Å². The molecule has 1 unspecified atom stereocenters. The Bertz CT molecular complexity index is 611. The fraction of sp³-hybridized carbons (Fsp3) is 0.412. The molecule has 0 bridgehead atoms. The monoisotopic (exact) mass is 298 g/mol. The van der Waals surface area contributed by atoms with E-state index in [1.54, 1.807) is 0 Å². The zero-order valence-electron chi connectivity index (χ0n) is 13.1. The van der Waals surface area contributed by atoms with Crippen LogP contribution in [0.4, 0.5) is 5.82 Å². The van der Waals surface area contributed by atoms with E-state index in [0.29, 0.717) is 0 Å². The Kier molecular flexibility index (Phi) is 4.65. The Balaban J connectivity index is 1.93. The summed E-state index contributed by atoms with van der Waals surface area (Å²) in [5.74, 6) is 1.68. The van der Waals surface area contributed by atoms with Crippen LogP contribution in [0.15, 0.2) is 36.4 Å². The van der Waals surface area contributed by atoms with Gasteiger partial charge >= 0.3 is 0 Å². The normalized spacial score (nSPS) is 18.2. The van der Waals surface area contributed by atoms with Crippen LogP contribution in [0, 0.1) is 6.92 Å². The minimum absolute atomic E-state index is 0.0247. The molecular weight excluding hydrogens is 276 g/mol. The molecule has 22 heavy (non-hydrogen) atoms. The second-order valence-electron chi connectivity index (χ2n) is 5.37. The molecule has 5 heteroatoms. The van der Waals surface area contributed by atoms with Crippen LogP contribution in [0.3, 0.4) is 0 Å². The summed E-state index contributed by atoms with van der Waals surface area (Å²) in [5, 5.41) is 3.37. The minimum Gasteiger partial charge on any atom is -0.356 e. The molecule has 1 aromatic carbocycles. The SMILES string of the molecule is CCN(c1cc(C)nc(-c2ccccc2)n1)C1CNCCO1. The molecule has 1 N–H and O–H groups in total. The lowest BCUT2D eigenvalue weighted by Gasteiger charge is -2.34. The molecule has 0 radical (unpaired) electrons. The lowest BCUT2D eigenvalue weighted by atomic mass is 10.2. The van der Waals surface area contributed by atoms with E-state index < -0.39 is 0 Å². The van der Waals surface area contributed by atoms with Crippen LogP contribution < -0.4 is 10.2 Å². The van der Waals surface area contributed by atoms with Crippen molar-refractivity contribution in [2.75, 3.05) is 31.1 Å². The Morgan fingerprint density at radius 1 is 1.27 bits per heavy atom. The summed E-state index contributed by atoms with van der Waals surface area (Å²) < 4.78 is 5.87. The van der Waals surface area contributed by atoms with Crippen molar-refractivity contribution in [3.05, 3.63) is 42.1 Å². The van der Waals surface area contributed by atoms with Gasteiger partial charge in [-0.3, -0.25) is 0 Å². The average Bonchev–Trinajstić information content (AvgIpc) is 2.57. The standard InChI is InChI=1S/C17H22N4O/c1-3-21(16-12-18-9-10-22-16)15-11-13(2)19-17(20-15)14-7-5-4-6-8-14/h4-8,11,16,18H,3,9-10,12H2,1-2H3. The van der Waals surface area contributed by atoms with Gasteiger partial charge in [-0.25, -0.2) is 9.97 Å². The summed E-state index contributed by atoms with van der Waals surface area (Å²) >= 11 is 0. The maximum absolute atomic E-state index is 5.87. The van der Waals surface area contributed by atoms with Gasteiger partial charge in [0.15, 0.2) is 5.82 Å². The first-order chi connectivity index (χ1) is 10.8. The highest BCUT2D eigenvalue weighted by Gasteiger charge is 2.22. The fourth-order valence-corrected chi connectivity index (χ4v) is 2.68. The number of rotatable bonds is 4. The van der Waals surface area contributed by atoms with Crippen molar-refractivity contribution in [3.8, 4) is 11.4 Å². The van der Waals surface area contributed by atoms with Gasteiger partial charge in [0.2, 0.25) is 0 Å². The van der Waals surface area contributed by atoms with Crippen molar-refractivity contribution in [2.24, 2.45) is 0 Å². The van der Waals surface area contributed by atoms with E-state index in [9.17, 15) is 0 Å². The lowest BCUT2D eigenvalue weighted by Crippen LogP contribution is -2.49. The van der Waals surface area contributed by atoms with Gasteiger partial charge in [0.05, 0.1) is 6.61 Å². The molecule has 1 atom stereocenters. The summed E-state index contributed by atoms with van der Waals surface area (Å²) in [7, 11) is 0. The van der Waals surface area contributed by atoms with Crippen LogP contribution in [0.2, 0.25) is 0 Å². The average molecular weight is 298 g/mol. The molecule has 2 aromatic rings. The van der Waals surface area contributed by atoms with Crippen LogP contribution in [0.25, 0.3) is 11.4 Å². The zero-order chi connectivity index (χ0) is 15.4. The van der Waals surface area contributed by atoms with Gasteiger partial charge < -0.3 is 15.0 Å². The second-order valence-corrected chi connectivity index (χ2v) is 5.37. The molecule has 0 amide bonds. The number of benzene rings is 1. The van der Waals surface area contributed by atoms with Gasteiger partial charge in [-0.2, -0.15) is 0 Å². The topological polar surface area (TPSA) is 50.3 Å². The van der Waals surface area contributed by atoms with Crippen LogP contribution in [-0.2, 0) is 4.74 Å². The lowest BCUT2D eigenvalue weighted by molar-refractivity contribution is 0.0268. The summed E-state index contributed by atoms with van der Waals surface area (Å²) in [4.78, 5) is 11.5. The first kappa shape index (κ1) is 14.9. The van der Waals surface area contributed by atoms with E-state index in [1.165, 1.54) is 0 Å². The smallest absolute Gasteiger partial charge is 0.161 e. The quantitative estimate of drug-likeness (QED) is 0.938. The van der Waals surface area contributed by atoms with Crippen molar-refractivity contribution in [3.63, 3.8) is 0 Å². The number of morpholine rings is 1. The molecule has 5 nitrogen and oxygen atoms in total. The summed E-state index contributed by atoms with van der Waals surface area (Å²) in [5.41, 5.74) is 2.00. The zero-order valence-corrected chi connectivity index (χ0v) is 13.1. The van der Waals surface area contributed by atoms with E-state index in [1.807, 2.05) is 43.3 Å². The van der Waals surface area contributed by atoms with Crippen molar-refractivity contribution in [2.45, 2.75) is 20.1 Å². The molecule has 3 rings (SSSR count). The molecule has 0 spiro atoms. The highest BCUT2D eigenvalue weighted by Crippen LogP contribution is 2.22. The second kappa shape index (κ2) is 6.85. The highest BCUT2D eigenvalue weighted by atomic mass is 16.5. The first-order valence-corrected chi connectivity index (χ1v) is 7.78. The number of anilines is 1. The van der Waals surface area contributed by atoms with Crippen LogP contribution in [-0.4, -0.2) is 42.4 Å². The number of ether oxygens (including phenoxy) is 1. The highest BCUT2D eigenvalue weighted by molar-refractivity contribution is 5.58. The van der Waals surface area contributed by atoms with Crippen LogP contribution in [0.1, 0.15) is 12.6 Å². The number of aromatic nitrogens is 2. The molecule has 0 aliphatic carbocycles. The number of hydrogen-bond acceptors (Lipinski definition) is 5. The molecule has 1 aliphatic rings. The van der Waals surface area contributed by atoms with E-state index in [-0.39, 0.29) is 6.23 Å². The number of hydrogen-bond donors (Lipinski definition) is 1. The molecule has 1 fully saturated rings. The van der Waals surface area contributed by atoms with Gasteiger partial charge in [0, 0.05) is 37.0 Å². The van der Waals surface area contributed by atoms with Crippen LogP contribution in [0.5, 0.6) is 0 Å². The molecule has 116 valence electrons. The summed E-state index contributed by atoms with van der Waals surface area (Å²) in [6.07, 6.45) is 0.0247. The molecule has 1 aromatic heterocycles. The van der Waals surface area contributed by atoms with Crippen molar-refractivity contribution in [1.29, 1.82) is 0 Å². The molecular formula is C17H22N4O. The molecule has 2 heterocycles. The Labute approximate surface area is 131 Å². The maximum Gasteiger partial charge on any atom is 0.161 e. The van der Waals surface area contributed by atoms with E-state index in [4.69, 9.17) is 9.72 Å². The third-order valence-electron chi connectivity index (χ3n) is 3.76. The van der Waals surface area contributed by atoms with E-state index >= 15 is 0 Å². The Morgan fingerprint density at radius 2 is 2.09 bits per heavy atom. The van der Waals surface area contributed by atoms with Crippen molar-refractivity contribution >= 4 is 5.82 Å². The third-order valence-corrected chi connectivity index (χ3v) is 3.76. The minimum atomic E-state index is 0.0247. The third kappa shape index (κ3) is 3.26. The fourth-order valence-electron chi connectivity index (χ4n) is 2.68. The Morgan fingerprint density at radius 3 is 2.77 bits per heavy atom. The predicted molar refractivity (Wildman–Crippen MR) is 87.8 cm³/mol. The molecule has 0 saturated carbocycles. The van der Waals surface area contributed by atoms with Crippen molar-refractivity contribution < 1.29 is 4.74 Å². The Hall–Kier alpha value is -1.98. The largest absolute Gasteiger partial charge is 0.356 e. The van der Waals surface area contributed by atoms with Crippen molar-refractivity contribution in [1.82, 2.24) is 15.3 Å². The van der Waals surface area contributed by atoms with Gasteiger partial charge in [0.1, 0.15) is 12.0 Å². The van der Waals surface area contributed by atoms with Gasteiger partial charge in [0.25, 0.3) is 0 Å². The van der Waals surface area contributed by atoms with E-state index in [2.05, 4.69) is 22.1 Å². The van der Waals surface area contributed by atoms with E-state index in [0.717, 1.165) is 49.1 Å². The maximum atomic E-state index is 5.87. The van der Waals surface area contributed by atoms with Crippen LogP contribution >= 0.6 is 0 Å². The van der Waals surface area contributed by atoms with Gasteiger partial charge in [-0.15, -0.1) is 0 Å². The molecule has 1 saturated heterocycles. The van der Waals surface area contributed by atoms with Gasteiger partial charge in [-0.05, 0) is 13.8 Å². The number of aryl methyl sites for hydroxylation is 1.